The van der Waals surface area contributed by atoms with Gasteiger partial charge in [0.05, 0.1) is 19.1 Å². The molecular formula is C16H18O5. The zero-order valence-electron chi connectivity index (χ0n) is 11.7. The van der Waals surface area contributed by atoms with Gasteiger partial charge in [-0.15, -0.1) is 0 Å². The maximum atomic E-state index is 11.4. The highest BCUT2D eigenvalue weighted by molar-refractivity contribution is 5.88. The fraction of sp³-hybridized carbons (Fsp3) is 0.312. The van der Waals surface area contributed by atoms with Crippen molar-refractivity contribution in [3.05, 3.63) is 42.0 Å². The lowest BCUT2D eigenvalue weighted by Crippen LogP contribution is -2.23. The summed E-state index contributed by atoms with van der Waals surface area (Å²) in [6, 6.07) is 10.4. The van der Waals surface area contributed by atoms with E-state index in [0.717, 1.165) is 5.39 Å². The number of carbonyl (C=O) groups excluding carboxylic acids is 1. The van der Waals surface area contributed by atoms with Gasteiger partial charge in [-0.05, 0) is 23.8 Å². The zero-order valence-corrected chi connectivity index (χ0v) is 11.7. The standard InChI is InChI=1S/C16H18O5/c1-2-21-14(19)9-13(18)16(20)15-11-6-4-3-5-10(11)7-8-12(15)17/h3-8,13,16-18,20H,2,9H2,1H3. The summed E-state index contributed by atoms with van der Waals surface area (Å²) in [5.41, 5.74) is 0.213. The summed E-state index contributed by atoms with van der Waals surface area (Å²) in [6.45, 7) is 1.87. The first-order chi connectivity index (χ1) is 10.0. The molecule has 0 fully saturated rings. The molecule has 2 unspecified atom stereocenters. The number of aromatic hydroxyl groups is 1. The van der Waals surface area contributed by atoms with Crippen molar-refractivity contribution < 1.29 is 24.9 Å². The highest BCUT2D eigenvalue weighted by atomic mass is 16.5. The highest BCUT2D eigenvalue weighted by Crippen LogP contribution is 2.34. The van der Waals surface area contributed by atoms with E-state index in [4.69, 9.17) is 4.74 Å². The van der Waals surface area contributed by atoms with Gasteiger partial charge < -0.3 is 20.1 Å². The maximum absolute atomic E-state index is 11.4. The quantitative estimate of drug-likeness (QED) is 0.732. The van der Waals surface area contributed by atoms with Crippen LogP contribution in [-0.4, -0.2) is 34.0 Å². The lowest BCUT2D eigenvalue weighted by atomic mass is 9.95. The first kappa shape index (κ1) is 15.3. The van der Waals surface area contributed by atoms with E-state index in [2.05, 4.69) is 0 Å². The van der Waals surface area contributed by atoms with Crippen LogP contribution in [0.25, 0.3) is 10.8 Å². The molecule has 0 aliphatic heterocycles. The lowest BCUT2D eigenvalue weighted by Gasteiger charge is -2.20. The number of hydrogen-bond donors (Lipinski definition) is 3. The molecule has 0 radical (unpaired) electrons. The van der Waals surface area contributed by atoms with E-state index in [0.29, 0.717) is 5.39 Å². The number of phenols is 1. The molecule has 0 aliphatic rings. The Hall–Kier alpha value is -2.11. The fourth-order valence-electron chi connectivity index (χ4n) is 2.29. The van der Waals surface area contributed by atoms with Gasteiger partial charge in [-0.1, -0.05) is 30.3 Å². The number of esters is 1. The molecule has 0 spiro atoms. The average molecular weight is 290 g/mol. The van der Waals surface area contributed by atoms with Crippen molar-refractivity contribution >= 4 is 16.7 Å². The third-order valence-corrected chi connectivity index (χ3v) is 3.29. The summed E-state index contributed by atoms with van der Waals surface area (Å²) in [7, 11) is 0. The minimum atomic E-state index is -1.37. The van der Waals surface area contributed by atoms with Crippen LogP contribution in [0.15, 0.2) is 36.4 Å². The Balaban J connectivity index is 2.32. The van der Waals surface area contributed by atoms with Gasteiger partial charge in [0, 0.05) is 5.56 Å². The van der Waals surface area contributed by atoms with Gasteiger partial charge in [0.15, 0.2) is 0 Å². The first-order valence-electron chi connectivity index (χ1n) is 6.77. The number of rotatable bonds is 5. The second-order valence-corrected chi connectivity index (χ2v) is 4.74. The van der Waals surface area contributed by atoms with Crippen LogP contribution in [0.4, 0.5) is 0 Å². The van der Waals surface area contributed by atoms with Crippen molar-refractivity contribution in [2.45, 2.75) is 25.6 Å². The summed E-state index contributed by atoms with van der Waals surface area (Å²) >= 11 is 0. The number of benzene rings is 2. The maximum Gasteiger partial charge on any atom is 0.308 e. The Labute approximate surface area is 122 Å². The average Bonchev–Trinajstić information content (AvgIpc) is 2.46. The van der Waals surface area contributed by atoms with Crippen molar-refractivity contribution in [2.75, 3.05) is 6.61 Å². The summed E-state index contributed by atoms with van der Waals surface area (Å²) in [5, 5.41) is 31.7. The molecule has 2 aromatic rings. The van der Waals surface area contributed by atoms with E-state index in [1.54, 1.807) is 25.1 Å². The molecule has 2 rings (SSSR count). The number of phenolic OH excluding ortho intramolecular Hbond substituents is 1. The number of ether oxygens (including phenoxy) is 1. The summed E-state index contributed by atoms with van der Waals surface area (Å²) in [6.07, 6.45) is -3.06. The van der Waals surface area contributed by atoms with Crippen LogP contribution in [0, 0.1) is 0 Å². The smallest absolute Gasteiger partial charge is 0.308 e. The number of aliphatic hydroxyl groups is 2. The molecule has 0 aliphatic carbocycles. The monoisotopic (exact) mass is 290 g/mol. The highest BCUT2D eigenvalue weighted by Gasteiger charge is 2.26. The number of aliphatic hydroxyl groups excluding tert-OH is 2. The Kier molecular flexibility index (Phi) is 4.77. The van der Waals surface area contributed by atoms with Crippen molar-refractivity contribution in [1.82, 2.24) is 0 Å². The lowest BCUT2D eigenvalue weighted by molar-refractivity contribution is -0.147. The molecule has 0 heterocycles. The number of fused-ring (bicyclic) bond motifs is 1. The van der Waals surface area contributed by atoms with Gasteiger partial charge in [-0.2, -0.15) is 0 Å². The van der Waals surface area contributed by atoms with E-state index in [9.17, 15) is 20.1 Å². The Morgan fingerprint density at radius 3 is 2.62 bits per heavy atom. The van der Waals surface area contributed by atoms with Crippen molar-refractivity contribution in [3.8, 4) is 5.75 Å². The van der Waals surface area contributed by atoms with Crippen LogP contribution in [-0.2, 0) is 9.53 Å². The van der Waals surface area contributed by atoms with Crippen LogP contribution in [0.1, 0.15) is 25.0 Å². The predicted molar refractivity (Wildman–Crippen MR) is 77.8 cm³/mol. The predicted octanol–water partition coefficient (Wildman–Crippen LogP) is 1.89. The third kappa shape index (κ3) is 3.32. The molecule has 112 valence electrons. The number of hydrogen-bond acceptors (Lipinski definition) is 5. The Morgan fingerprint density at radius 2 is 1.90 bits per heavy atom. The Bertz CT molecular complexity index is 638. The summed E-state index contributed by atoms with van der Waals surface area (Å²) < 4.78 is 4.74. The van der Waals surface area contributed by atoms with Crippen molar-refractivity contribution in [2.24, 2.45) is 0 Å². The molecule has 0 saturated carbocycles. The minimum absolute atomic E-state index is 0.121. The molecule has 0 amide bonds. The zero-order chi connectivity index (χ0) is 15.4. The molecule has 0 bridgehead atoms. The Morgan fingerprint density at radius 1 is 1.19 bits per heavy atom. The van der Waals surface area contributed by atoms with Crippen molar-refractivity contribution in [1.29, 1.82) is 0 Å². The number of carbonyl (C=O) groups is 1. The van der Waals surface area contributed by atoms with E-state index < -0.39 is 18.2 Å². The van der Waals surface area contributed by atoms with E-state index in [1.807, 2.05) is 12.1 Å². The molecule has 5 nitrogen and oxygen atoms in total. The fourth-order valence-corrected chi connectivity index (χ4v) is 2.29. The molecule has 3 N–H and O–H groups in total. The molecule has 21 heavy (non-hydrogen) atoms. The van der Waals surface area contributed by atoms with Gasteiger partial charge in [-0.25, -0.2) is 0 Å². The van der Waals surface area contributed by atoms with Gasteiger partial charge >= 0.3 is 5.97 Å². The van der Waals surface area contributed by atoms with Crippen molar-refractivity contribution in [3.63, 3.8) is 0 Å². The molecule has 2 aromatic carbocycles. The normalized spacial score (nSPS) is 13.9. The molecule has 0 saturated heterocycles. The van der Waals surface area contributed by atoms with Gasteiger partial charge in [0.2, 0.25) is 0 Å². The largest absolute Gasteiger partial charge is 0.508 e. The molecule has 0 aromatic heterocycles. The first-order valence-corrected chi connectivity index (χ1v) is 6.77. The molecule has 5 heteroatoms. The molecular weight excluding hydrogens is 272 g/mol. The third-order valence-electron chi connectivity index (χ3n) is 3.29. The van der Waals surface area contributed by atoms with Crippen LogP contribution in [0.3, 0.4) is 0 Å². The van der Waals surface area contributed by atoms with E-state index in [1.165, 1.54) is 6.07 Å². The van der Waals surface area contributed by atoms with Crippen LogP contribution in [0.5, 0.6) is 5.75 Å². The summed E-state index contributed by atoms with van der Waals surface area (Å²) in [4.78, 5) is 11.4. The van der Waals surface area contributed by atoms with Gasteiger partial charge in [0.25, 0.3) is 0 Å². The van der Waals surface area contributed by atoms with Crippen LogP contribution in [0.2, 0.25) is 0 Å². The minimum Gasteiger partial charge on any atom is -0.508 e. The second kappa shape index (κ2) is 6.56. The van der Waals surface area contributed by atoms with E-state index in [-0.39, 0.29) is 24.3 Å². The summed E-state index contributed by atoms with van der Waals surface area (Å²) in [5.74, 6) is -0.715. The van der Waals surface area contributed by atoms with E-state index >= 15 is 0 Å². The second-order valence-electron chi connectivity index (χ2n) is 4.74. The SMILES string of the molecule is CCOC(=O)CC(O)C(O)c1c(O)ccc2ccccc12. The van der Waals surface area contributed by atoms with Gasteiger partial charge in [0.1, 0.15) is 11.9 Å². The van der Waals surface area contributed by atoms with Crippen LogP contribution >= 0.6 is 0 Å². The van der Waals surface area contributed by atoms with Gasteiger partial charge in [-0.3, -0.25) is 4.79 Å². The van der Waals surface area contributed by atoms with Crippen LogP contribution < -0.4 is 0 Å². The molecule has 2 atom stereocenters. The topological polar surface area (TPSA) is 87.0 Å².